The fourth-order valence-electron chi connectivity index (χ4n) is 2.83. The van der Waals surface area contributed by atoms with Crippen molar-refractivity contribution in [2.24, 2.45) is 5.92 Å². The molecule has 0 aromatic heterocycles. The van der Waals surface area contributed by atoms with Crippen LogP contribution >= 0.6 is 0 Å². The van der Waals surface area contributed by atoms with Crippen LogP contribution in [-0.4, -0.2) is 24.8 Å². The molecule has 0 bridgehead atoms. The Bertz CT molecular complexity index is 493. The monoisotopic (exact) mass is 288 g/mol. The van der Waals surface area contributed by atoms with Gasteiger partial charge in [-0.3, -0.25) is 9.59 Å². The molecule has 0 heterocycles. The molecular weight excluding hydrogens is 264 g/mol. The number of hydrogen-bond donors (Lipinski definition) is 2. The summed E-state index contributed by atoms with van der Waals surface area (Å²) in [5.74, 6) is 0.617. The van der Waals surface area contributed by atoms with Crippen molar-refractivity contribution in [2.75, 3.05) is 18.4 Å². The summed E-state index contributed by atoms with van der Waals surface area (Å²) in [5.41, 5.74) is 1.34. The number of Topliss-reactive ketones (excluding diaryl/α,β-unsaturated/α-hetero) is 1. The summed E-state index contributed by atoms with van der Waals surface area (Å²) in [7, 11) is 0. The molecule has 1 fully saturated rings. The maximum absolute atomic E-state index is 11.9. The third-order valence-electron chi connectivity index (χ3n) is 4.06. The van der Waals surface area contributed by atoms with Crippen molar-refractivity contribution in [3.05, 3.63) is 29.8 Å². The summed E-state index contributed by atoms with van der Waals surface area (Å²) in [4.78, 5) is 23.4. The van der Waals surface area contributed by atoms with Gasteiger partial charge in [-0.15, -0.1) is 0 Å². The molecule has 0 atom stereocenters. The lowest BCUT2D eigenvalue weighted by Gasteiger charge is -2.21. The fraction of sp³-hybridized carbons (Fsp3) is 0.529. The third-order valence-corrected chi connectivity index (χ3v) is 4.06. The van der Waals surface area contributed by atoms with Gasteiger partial charge in [0.2, 0.25) is 5.91 Å². The molecule has 4 heteroatoms. The van der Waals surface area contributed by atoms with Gasteiger partial charge < -0.3 is 10.6 Å². The number of rotatable bonds is 6. The highest BCUT2D eigenvalue weighted by Crippen LogP contribution is 2.22. The Balaban J connectivity index is 1.77. The van der Waals surface area contributed by atoms with E-state index in [-0.39, 0.29) is 18.2 Å². The van der Waals surface area contributed by atoms with Crippen molar-refractivity contribution in [3.63, 3.8) is 0 Å². The number of anilines is 1. The average Bonchev–Trinajstić information content (AvgIpc) is 2.52. The van der Waals surface area contributed by atoms with Crippen molar-refractivity contribution in [1.29, 1.82) is 0 Å². The highest BCUT2D eigenvalue weighted by atomic mass is 16.2. The van der Waals surface area contributed by atoms with Gasteiger partial charge in [0.1, 0.15) is 0 Å². The molecule has 4 nitrogen and oxygen atoms in total. The zero-order valence-corrected chi connectivity index (χ0v) is 12.7. The van der Waals surface area contributed by atoms with Gasteiger partial charge in [0.15, 0.2) is 5.78 Å². The first kappa shape index (κ1) is 15.5. The molecule has 21 heavy (non-hydrogen) atoms. The van der Waals surface area contributed by atoms with E-state index in [9.17, 15) is 9.59 Å². The van der Waals surface area contributed by atoms with E-state index in [1.807, 2.05) is 18.2 Å². The van der Waals surface area contributed by atoms with Gasteiger partial charge in [-0.05, 0) is 37.8 Å². The van der Waals surface area contributed by atoms with E-state index in [4.69, 9.17) is 0 Å². The number of carbonyl (C=O) groups excluding carboxylic acids is 2. The Labute approximate surface area is 126 Å². The van der Waals surface area contributed by atoms with E-state index in [1.54, 1.807) is 6.07 Å². The van der Waals surface area contributed by atoms with Crippen LogP contribution in [0.2, 0.25) is 0 Å². The quantitative estimate of drug-likeness (QED) is 0.791. The predicted molar refractivity (Wildman–Crippen MR) is 84.5 cm³/mol. The molecule has 1 aliphatic rings. The maximum Gasteiger partial charge on any atom is 0.239 e. The molecule has 114 valence electrons. The van der Waals surface area contributed by atoms with Crippen LogP contribution < -0.4 is 10.6 Å². The summed E-state index contributed by atoms with van der Waals surface area (Å²) in [6.07, 6.45) is 6.34. The summed E-state index contributed by atoms with van der Waals surface area (Å²) >= 11 is 0. The fourth-order valence-corrected chi connectivity index (χ4v) is 2.83. The SMILES string of the molecule is CC(=O)c1ccccc1NCC(=O)NCC1CCCCC1. The zero-order valence-electron chi connectivity index (χ0n) is 12.7. The summed E-state index contributed by atoms with van der Waals surface area (Å²) in [6.45, 7) is 2.51. The van der Waals surface area contributed by atoms with Crippen LogP contribution in [0, 0.1) is 5.92 Å². The standard InChI is InChI=1S/C17H24N2O2/c1-13(20)15-9-5-6-10-16(15)18-12-17(21)19-11-14-7-3-2-4-8-14/h5-6,9-10,14,18H,2-4,7-8,11-12H2,1H3,(H,19,21). The first-order chi connectivity index (χ1) is 10.2. The number of ketones is 1. The van der Waals surface area contributed by atoms with Gasteiger partial charge in [-0.2, -0.15) is 0 Å². The van der Waals surface area contributed by atoms with Gasteiger partial charge in [-0.1, -0.05) is 31.4 Å². The first-order valence-corrected chi connectivity index (χ1v) is 7.77. The second-order valence-electron chi connectivity index (χ2n) is 5.76. The van der Waals surface area contributed by atoms with Crippen molar-refractivity contribution >= 4 is 17.4 Å². The molecular formula is C17H24N2O2. The highest BCUT2D eigenvalue weighted by Gasteiger charge is 2.14. The number of carbonyl (C=O) groups is 2. The van der Waals surface area contributed by atoms with Crippen molar-refractivity contribution in [2.45, 2.75) is 39.0 Å². The third kappa shape index (κ3) is 4.88. The maximum atomic E-state index is 11.9. The Kier molecular flexibility index (Phi) is 5.78. The van der Waals surface area contributed by atoms with E-state index in [0.717, 1.165) is 12.2 Å². The molecule has 1 aromatic carbocycles. The number of benzene rings is 1. The molecule has 0 spiro atoms. The molecule has 1 aromatic rings. The minimum Gasteiger partial charge on any atom is -0.376 e. The molecule has 1 aliphatic carbocycles. The van der Waals surface area contributed by atoms with Crippen LogP contribution in [0.4, 0.5) is 5.69 Å². The number of nitrogens with one attached hydrogen (secondary N) is 2. The Morgan fingerprint density at radius 1 is 1.14 bits per heavy atom. The predicted octanol–water partition coefficient (Wildman–Crippen LogP) is 3.00. The van der Waals surface area contributed by atoms with Crippen LogP contribution in [0.5, 0.6) is 0 Å². The van der Waals surface area contributed by atoms with Gasteiger partial charge in [0, 0.05) is 17.8 Å². The Hall–Kier alpha value is -1.84. The topological polar surface area (TPSA) is 58.2 Å². The molecule has 0 radical (unpaired) electrons. The molecule has 0 aliphatic heterocycles. The van der Waals surface area contributed by atoms with Crippen molar-refractivity contribution < 1.29 is 9.59 Å². The first-order valence-electron chi connectivity index (χ1n) is 7.77. The zero-order chi connectivity index (χ0) is 15.1. The highest BCUT2D eigenvalue weighted by molar-refractivity contribution is 6.00. The molecule has 1 amide bonds. The Morgan fingerprint density at radius 3 is 2.57 bits per heavy atom. The lowest BCUT2D eigenvalue weighted by molar-refractivity contribution is -0.119. The van der Waals surface area contributed by atoms with Crippen LogP contribution in [-0.2, 0) is 4.79 Å². The van der Waals surface area contributed by atoms with E-state index in [2.05, 4.69) is 10.6 Å². The van der Waals surface area contributed by atoms with Gasteiger partial charge in [0.05, 0.1) is 6.54 Å². The van der Waals surface area contributed by atoms with E-state index < -0.39 is 0 Å². The van der Waals surface area contributed by atoms with Gasteiger partial charge in [0.25, 0.3) is 0 Å². The molecule has 2 rings (SSSR count). The molecule has 2 N–H and O–H groups in total. The van der Waals surface area contributed by atoms with Gasteiger partial charge in [-0.25, -0.2) is 0 Å². The van der Waals surface area contributed by atoms with E-state index in [1.165, 1.54) is 39.0 Å². The summed E-state index contributed by atoms with van der Waals surface area (Å²) in [6, 6.07) is 7.27. The lowest BCUT2D eigenvalue weighted by Crippen LogP contribution is -2.34. The summed E-state index contributed by atoms with van der Waals surface area (Å²) < 4.78 is 0. The average molecular weight is 288 g/mol. The second kappa shape index (κ2) is 7.81. The minimum atomic E-state index is -0.0149. The van der Waals surface area contributed by atoms with E-state index >= 15 is 0 Å². The van der Waals surface area contributed by atoms with E-state index in [0.29, 0.717) is 11.5 Å². The van der Waals surface area contributed by atoms with Crippen molar-refractivity contribution in [3.8, 4) is 0 Å². The summed E-state index contributed by atoms with van der Waals surface area (Å²) in [5, 5.41) is 6.03. The largest absolute Gasteiger partial charge is 0.376 e. The van der Waals surface area contributed by atoms with Gasteiger partial charge >= 0.3 is 0 Å². The Morgan fingerprint density at radius 2 is 1.86 bits per heavy atom. The normalized spacial score (nSPS) is 15.5. The number of amides is 1. The van der Waals surface area contributed by atoms with Crippen LogP contribution in [0.25, 0.3) is 0 Å². The van der Waals surface area contributed by atoms with Crippen LogP contribution in [0.1, 0.15) is 49.4 Å². The van der Waals surface area contributed by atoms with Crippen molar-refractivity contribution in [1.82, 2.24) is 5.32 Å². The number of hydrogen-bond acceptors (Lipinski definition) is 3. The lowest BCUT2D eigenvalue weighted by atomic mass is 9.89. The molecule has 0 unspecified atom stereocenters. The molecule has 1 saturated carbocycles. The molecule has 0 saturated heterocycles. The smallest absolute Gasteiger partial charge is 0.239 e. The second-order valence-corrected chi connectivity index (χ2v) is 5.76. The number of para-hydroxylation sites is 1. The minimum absolute atomic E-state index is 0.000661. The van der Waals surface area contributed by atoms with Crippen LogP contribution in [0.15, 0.2) is 24.3 Å². The van der Waals surface area contributed by atoms with Crippen LogP contribution in [0.3, 0.4) is 0 Å².